The van der Waals surface area contributed by atoms with Crippen LogP contribution in [0.3, 0.4) is 0 Å². The summed E-state index contributed by atoms with van der Waals surface area (Å²) in [6.07, 6.45) is 3.61. The minimum absolute atomic E-state index is 0.184. The SMILES string of the molecule is Cc1nccn1-c1ccccc1CNC(=O)c1ccc2cccc(F)c2n1. The highest BCUT2D eigenvalue weighted by molar-refractivity contribution is 5.94. The van der Waals surface area contributed by atoms with E-state index in [1.165, 1.54) is 6.07 Å². The molecule has 0 unspecified atom stereocenters. The van der Waals surface area contributed by atoms with Gasteiger partial charge in [0.25, 0.3) is 5.91 Å². The van der Waals surface area contributed by atoms with Crippen molar-refractivity contribution in [3.05, 3.63) is 89.9 Å². The molecule has 0 aliphatic heterocycles. The van der Waals surface area contributed by atoms with E-state index >= 15 is 0 Å². The van der Waals surface area contributed by atoms with Crippen molar-refractivity contribution < 1.29 is 9.18 Å². The van der Waals surface area contributed by atoms with Crippen LogP contribution in [0.5, 0.6) is 0 Å². The Labute approximate surface area is 155 Å². The second kappa shape index (κ2) is 6.99. The molecule has 0 fully saturated rings. The molecule has 1 N–H and O–H groups in total. The van der Waals surface area contributed by atoms with Gasteiger partial charge >= 0.3 is 0 Å². The van der Waals surface area contributed by atoms with E-state index in [-0.39, 0.29) is 17.1 Å². The summed E-state index contributed by atoms with van der Waals surface area (Å²) in [4.78, 5) is 20.9. The number of hydrogen-bond acceptors (Lipinski definition) is 3. The summed E-state index contributed by atoms with van der Waals surface area (Å²) >= 11 is 0. The number of aromatic nitrogens is 3. The predicted molar refractivity (Wildman–Crippen MR) is 101 cm³/mol. The molecule has 4 aromatic rings. The molecule has 0 spiro atoms. The zero-order valence-corrected chi connectivity index (χ0v) is 14.7. The number of hydrogen-bond donors (Lipinski definition) is 1. The zero-order chi connectivity index (χ0) is 18.8. The third-order valence-corrected chi connectivity index (χ3v) is 4.42. The summed E-state index contributed by atoms with van der Waals surface area (Å²) in [5.74, 6) is 0.0702. The molecule has 0 saturated heterocycles. The predicted octanol–water partition coefficient (Wildman–Crippen LogP) is 3.80. The van der Waals surface area contributed by atoms with Crippen molar-refractivity contribution in [3.8, 4) is 5.69 Å². The van der Waals surface area contributed by atoms with Gasteiger partial charge in [0, 0.05) is 24.3 Å². The highest BCUT2D eigenvalue weighted by Crippen LogP contribution is 2.18. The van der Waals surface area contributed by atoms with Crippen LogP contribution in [0, 0.1) is 12.7 Å². The summed E-state index contributed by atoms with van der Waals surface area (Å²) in [6.45, 7) is 2.24. The zero-order valence-electron chi connectivity index (χ0n) is 14.7. The van der Waals surface area contributed by atoms with Crippen LogP contribution in [-0.4, -0.2) is 20.4 Å². The summed E-state index contributed by atoms with van der Waals surface area (Å²) in [5.41, 5.74) is 2.27. The Morgan fingerprint density at radius 1 is 1.11 bits per heavy atom. The molecule has 0 saturated carbocycles. The lowest BCUT2D eigenvalue weighted by Crippen LogP contribution is -2.24. The molecule has 0 radical (unpaired) electrons. The van der Waals surface area contributed by atoms with Gasteiger partial charge in [0.1, 0.15) is 22.9 Å². The molecular formula is C21H17FN4O. The van der Waals surface area contributed by atoms with Crippen LogP contribution in [0.4, 0.5) is 4.39 Å². The molecule has 2 aromatic heterocycles. The maximum Gasteiger partial charge on any atom is 0.270 e. The van der Waals surface area contributed by atoms with Crippen LogP contribution in [0.15, 0.2) is 67.0 Å². The molecule has 0 bridgehead atoms. The summed E-state index contributed by atoms with van der Waals surface area (Å²) in [6, 6.07) is 15.8. The number of nitrogens with zero attached hydrogens (tertiary/aromatic N) is 3. The number of nitrogens with one attached hydrogen (secondary N) is 1. The van der Waals surface area contributed by atoms with Gasteiger partial charge < -0.3 is 9.88 Å². The largest absolute Gasteiger partial charge is 0.347 e. The quantitative estimate of drug-likeness (QED) is 0.602. The van der Waals surface area contributed by atoms with E-state index in [9.17, 15) is 9.18 Å². The van der Waals surface area contributed by atoms with Gasteiger partial charge in [0.15, 0.2) is 0 Å². The number of amides is 1. The number of aryl methyl sites for hydroxylation is 1. The Bertz CT molecular complexity index is 1140. The molecule has 1 amide bonds. The van der Waals surface area contributed by atoms with Crippen LogP contribution >= 0.6 is 0 Å². The fraction of sp³-hybridized carbons (Fsp3) is 0.0952. The second-order valence-electron chi connectivity index (χ2n) is 6.16. The van der Waals surface area contributed by atoms with Gasteiger partial charge in [0.2, 0.25) is 0 Å². The third kappa shape index (κ3) is 3.29. The van der Waals surface area contributed by atoms with E-state index in [1.807, 2.05) is 42.0 Å². The first-order valence-corrected chi connectivity index (χ1v) is 8.55. The van der Waals surface area contributed by atoms with Crippen molar-refractivity contribution in [2.45, 2.75) is 13.5 Å². The van der Waals surface area contributed by atoms with Gasteiger partial charge in [-0.1, -0.05) is 36.4 Å². The first-order chi connectivity index (χ1) is 13.1. The fourth-order valence-corrected chi connectivity index (χ4v) is 3.03. The van der Waals surface area contributed by atoms with Crippen molar-refractivity contribution in [2.75, 3.05) is 0 Å². The fourth-order valence-electron chi connectivity index (χ4n) is 3.03. The van der Waals surface area contributed by atoms with Gasteiger partial charge in [-0.15, -0.1) is 0 Å². The molecule has 5 nitrogen and oxygen atoms in total. The van der Waals surface area contributed by atoms with Crippen LogP contribution in [0.2, 0.25) is 0 Å². The minimum atomic E-state index is -0.442. The first kappa shape index (κ1) is 16.9. The lowest BCUT2D eigenvalue weighted by atomic mass is 10.1. The molecular weight excluding hydrogens is 343 g/mol. The molecule has 0 aliphatic rings. The second-order valence-corrected chi connectivity index (χ2v) is 6.16. The number of rotatable bonds is 4. The Hall–Kier alpha value is -3.54. The third-order valence-electron chi connectivity index (χ3n) is 4.42. The number of fused-ring (bicyclic) bond motifs is 1. The van der Waals surface area contributed by atoms with E-state index in [0.29, 0.717) is 11.9 Å². The van der Waals surface area contributed by atoms with Crippen LogP contribution in [0.1, 0.15) is 21.9 Å². The number of imidazole rings is 1. The maximum atomic E-state index is 13.9. The molecule has 27 heavy (non-hydrogen) atoms. The Morgan fingerprint density at radius 3 is 2.78 bits per heavy atom. The van der Waals surface area contributed by atoms with Crippen LogP contribution < -0.4 is 5.32 Å². The van der Waals surface area contributed by atoms with Gasteiger partial charge in [-0.3, -0.25) is 4.79 Å². The highest BCUT2D eigenvalue weighted by Gasteiger charge is 2.12. The number of halogens is 1. The average molecular weight is 360 g/mol. The van der Waals surface area contributed by atoms with Crippen molar-refractivity contribution in [1.82, 2.24) is 19.9 Å². The van der Waals surface area contributed by atoms with Gasteiger partial charge in [-0.05, 0) is 30.7 Å². The molecule has 6 heteroatoms. The first-order valence-electron chi connectivity index (χ1n) is 8.55. The minimum Gasteiger partial charge on any atom is -0.347 e. The lowest BCUT2D eigenvalue weighted by Gasteiger charge is -2.12. The van der Waals surface area contributed by atoms with Crippen molar-refractivity contribution in [3.63, 3.8) is 0 Å². The van der Waals surface area contributed by atoms with E-state index in [0.717, 1.165) is 17.1 Å². The van der Waals surface area contributed by atoms with E-state index in [4.69, 9.17) is 0 Å². The number of benzene rings is 2. The Morgan fingerprint density at radius 2 is 1.96 bits per heavy atom. The number of carbonyl (C=O) groups excluding carboxylic acids is 1. The van der Waals surface area contributed by atoms with Crippen LogP contribution in [-0.2, 0) is 6.54 Å². The topological polar surface area (TPSA) is 59.8 Å². The highest BCUT2D eigenvalue weighted by atomic mass is 19.1. The Balaban J connectivity index is 1.57. The number of carbonyl (C=O) groups is 1. The molecule has 4 rings (SSSR count). The number of pyridine rings is 1. The van der Waals surface area contributed by atoms with E-state index in [2.05, 4.69) is 15.3 Å². The molecule has 2 aromatic carbocycles. The monoisotopic (exact) mass is 360 g/mol. The lowest BCUT2D eigenvalue weighted by molar-refractivity contribution is 0.0946. The molecule has 0 atom stereocenters. The van der Waals surface area contributed by atoms with E-state index < -0.39 is 5.82 Å². The molecule has 134 valence electrons. The molecule has 0 aliphatic carbocycles. The average Bonchev–Trinajstić information content (AvgIpc) is 3.12. The van der Waals surface area contributed by atoms with E-state index in [1.54, 1.807) is 30.5 Å². The van der Waals surface area contributed by atoms with Gasteiger partial charge in [0.05, 0.1) is 5.69 Å². The summed E-state index contributed by atoms with van der Waals surface area (Å²) < 4.78 is 15.9. The van der Waals surface area contributed by atoms with Crippen molar-refractivity contribution >= 4 is 16.8 Å². The number of para-hydroxylation sites is 2. The smallest absolute Gasteiger partial charge is 0.270 e. The van der Waals surface area contributed by atoms with Crippen LogP contribution in [0.25, 0.3) is 16.6 Å². The van der Waals surface area contributed by atoms with Crippen molar-refractivity contribution in [1.29, 1.82) is 0 Å². The molecule has 2 heterocycles. The summed E-state index contributed by atoms with van der Waals surface area (Å²) in [5, 5.41) is 3.52. The summed E-state index contributed by atoms with van der Waals surface area (Å²) in [7, 11) is 0. The van der Waals surface area contributed by atoms with Crippen molar-refractivity contribution in [2.24, 2.45) is 0 Å². The normalized spacial score (nSPS) is 10.9. The maximum absolute atomic E-state index is 13.9. The standard InChI is InChI=1S/C21H17FN4O/c1-14-23-11-12-26(14)19-8-3-2-5-16(19)13-24-21(27)18-10-9-15-6-4-7-17(22)20(15)25-18/h2-12H,13H2,1H3,(H,24,27). The van der Waals surface area contributed by atoms with Gasteiger partial charge in [-0.2, -0.15) is 0 Å². The Kier molecular flexibility index (Phi) is 4.38. The van der Waals surface area contributed by atoms with Gasteiger partial charge in [-0.25, -0.2) is 14.4 Å².